The van der Waals surface area contributed by atoms with Gasteiger partial charge in [-0.15, -0.1) is 0 Å². The van der Waals surface area contributed by atoms with E-state index >= 15 is 0 Å². The van der Waals surface area contributed by atoms with Crippen molar-refractivity contribution in [3.63, 3.8) is 0 Å². The van der Waals surface area contributed by atoms with E-state index in [1.807, 2.05) is 31.2 Å². The van der Waals surface area contributed by atoms with Crippen LogP contribution in [0.3, 0.4) is 0 Å². The van der Waals surface area contributed by atoms with Crippen molar-refractivity contribution in [1.82, 2.24) is 10.3 Å². The molecule has 22 heavy (non-hydrogen) atoms. The van der Waals surface area contributed by atoms with Crippen LogP contribution in [0.4, 0.5) is 4.79 Å². The van der Waals surface area contributed by atoms with Gasteiger partial charge >= 0.3 is 6.09 Å². The Morgan fingerprint density at radius 2 is 2.18 bits per heavy atom. The molecule has 1 aromatic heterocycles. The lowest BCUT2D eigenvalue weighted by Crippen LogP contribution is -2.26. The lowest BCUT2D eigenvalue weighted by atomic mass is 10.2. The van der Waals surface area contributed by atoms with Crippen LogP contribution in [0.1, 0.15) is 13.3 Å². The van der Waals surface area contributed by atoms with Crippen LogP contribution < -0.4 is 15.8 Å². The lowest BCUT2D eigenvalue weighted by Gasteiger charge is -2.08. The van der Waals surface area contributed by atoms with Crippen LogP contribution in [0, 0.1) is 0 Å². The number of amides is 1. The number of carbonyl (C=O) groups is 1. The van der Waals surface area contributed by atoms with Crippen molar-refractivity contribution in [2.45, 2.75) is 13.3 Å². The first kappa shape index (κ1) is 15.6. The third-order valence-corrected chi connectivity index (χ3v) is 2.74. The van der Waals surface area contributed by atoms with Crippen molar-refractivity contribution in [1.29, 1.82) is 0 Å². The number of amidine groups is 1. The number of hydrogen-bond donors (Lipinski definition) is 2. The van der Waals surface area contributed by atoms with E-state index in [9.17, 15) is 4.79 Å². The van der Waals surface area contributed by atoms with Gasteiger partial charge in [-0.3, -0.25) is 9.82 Å². The number of nitrogens with zero attached hydrogens (tertiary/aromatic N) is 2. The number of nitrogens with one attached hydrogen (secondary N) is 1. The van der Waals surface area contributed by atoms with Crippen LogP contribution >= 0.6 is 0 Å². The van der Waals surface area contributed by atoms with Crippen molar-refractivity contribution in [2.24, 2.45) is 10.9 Å². The standard InChI is InChI=1S/C15H18N4O3/c1-2-8-18-15(20)22-19-13(16)10-21-12-7-3-5-11-6-4-9-17-14(11)12/h3-7,9H,2,8,10H2,1H3,(H2,16,19)(H,18,20). The normalized spacial score (nSPS) is 11.2. The van der Waals surface area contributed by atoms with Crippen LogP contribution in [0.15, 0.2) is 41.7 Å². The summed E-state index contributed by atoms with van der Waals surface area (Å²) >= 11 is 0. The lowest BCUT2D eigenvalue weighted by molar-refractivity contribution is 0.149. The Morgan fingerprint density at radius 3 is 3.00 bits per heavy atom. The molecule has 0 aliphatic rings. The van der Waals surface area contributed by atoms with Gasteiger partial charge in [0.1, 0.15) is 17.9 Å². The van der Waals surface area contributed by atoms with Gasteiger partial charge in [-0.2, -0.15) is 0 Å². The summed E-state index contributed by atoms with van der Waals surface area (Å²) in [5.41, 5.74) is 6.38. The molecule has 116 valence electrons. The van der Waals surface area contributed by atoms with E-state index in [1.54, 1.807) is 12.3 Å². The van der Waals surface area contributed by atoms with Crippen molar-refractivity contribution in [3.8, 4) is 5.75 Å². The zero-order chi connectivity index (χ0) is 15.8. The van der Waals surface area contributed by atoms with Crippen LogP contribution in [-0.4, -0.2) is 30.1 Å². The van der Waals surface area contributed by atoms with Crippen LogP contribution in [0.2, 0.25) is 0 Å². The van der Waals surface area contributed by atoms with E-state index in [-0.39, 0.29) is 12.4 Å². The molecule has 0 aliphatic carbocycles. The van der Waals surface area contributed by atoms with E-state index in [0.29, 0.717) is 12.3 Å². The van der Waals surface area contributed by atoms with E-state index in [1.165, 1.54) is 0 Å². The summed E-state index contributed by atoms with van der Waals surface area (Å²) in [6.45, 7) is 2.45. The summed E-state index contributed by atoms with van der Waals surface area (Å²) in [4.78, 5) is 20.1. The van der Waals surface area contributed by atoms with Gasteiger partial charge in [0, 0.05) is 18.1 Å². The number of aromatic nitrogens is 1. The highest BCUT2D eigenvalue weighted by Crippen LogP contribution is 2.22. The minimum Gasteiger partial charge on any atom is -0.483 e. The maximum Gasteiger partial charge on any atom is 0.433 e. The Balaban J connectivity index is 1.92. The summed E-state index contributed by atoms with van der Waals surface area (Å²) in [5.74, 6) is 0.645. The number of carbonyl (C=O) groups excluding carboxylic acids is 1. The number of benzene rings is 1. The molecule has 0 aliphatic heterocycles. The Bertz CT molecular complexity index is 667. The molecule has 0 fully saturated rings. The van der Waals surface area contributed by atoms with E-state index < -0.39 is 6.09 Å². The number of hydrogen-bond acceptors (Lipinski definition) is 5. The van der Waals surface area contributed by atoms with Crippen LogP contribution in [0.5, 0.6) is 5.75 Å². The van der Waals surface area contributed by atoms with E-state index in [0.717, 1.165) is 17.3 Å². The number of fused-ring (bicyclic) bond motifs is 1. The molecule has 2 aromatic rings. The molecule has 0 radical (unpaired) electrons. The second kappa shape index (κ2) is 7.82. The SMILES string of the molecule is CCCNC(=O)O/N=C(\N)COc1cccc2cccnc12. The van der Waals surface area contributed by atoms with Gasteiger partial charge in [0.25, 0.3) is 0 Å². The fourth-order valence-corrected chi connectivity index (χ4v) is 1.73. The van der Waals surface area contributed by atoms with Gasteiger partial charge in [-0.25, -0.2) is 4.79 Å². The molecule has 1 amide bonds. The maximum absolute atomic E-state index is 11.2. The molecule has 0 saturated heterocycles. The number of oxime groups is 1. The van der Waals surface area contributed by atoms with Gasteiger partial charge in [0.15, 0.2) is 5.84 Å². The minimum atomic E-state index is -0.642. The molecule has 0 saturated carbocycles. The second-order valence-corrected chi connectivity index (χ2v) is 4.51. The van der Waals surface area contributed by atoms with E-state index in [4.69, 9.17) is 10.5 Å². The zero-order valence-corrected chi connectivity index (χ0v) is 12.3. The van der Waals surface area contributed by atoms with Crippen molar-refractivity contribution < 1.29 is 14.4 Å². The molecule has 0 unspecified atom stereocenters. The molecule has 2 rings (SSSR count). The number of ether oxygens (including phenoxy) is 1. The van der Waals surface area contributed by atoms with Crippen molar-refractivity contribution >= 4 is 22.8 Å². The third kappa shape index (κ3) is 4.34. The second-order valence-electron chi connectivity index (χ2n) is 4.51. The summed E-state index contributed by atoms with van der Waals surface area (Å²) < 4.78 is 5.56. The first-order valence-corrected chi connectivity index (χ1v) is 6.94. The first-order valence-electron chi connectivity index (χ1n) is 6.94. The molecule has 7 heteroatoms. The smallest absolute Gasteiger partial charge is 0.433 e. The molecule has 1 heterocycles. The summed E-state index contributed by atoms with van der Waals surface area (Å²) in [6.07, 6.45) is 1.86. The molecule has 0 spiro atoms. The van der Waals surface area contributed by atoms with Gasteiger partial charge < -0.3 is 15.8 Å². The molecule has 3 N–H and O–H groups in total. The average molecular weight is 302 g/mol. The number of nitrogens with two attached hydrogens (primary N) is 1. The Kier molecular flexibility index (Phi) is 5.53. The number of rotatable bonds is 6. The Labute approximate surface area is 128 Å². The quantitative estimate of drug-likeness (QED) is 0.368. The van der Waals surface area contributed by atoms with Crippen LogP contribution in [0.25, 0.3) is 10.9 Å². The highest BCUT2D eigenvalue weighted by molar-refractivity contribution is 5.86. The summed E-state index contributed by atoms with van der Waals surface area (Å²) in [7, 11) is 0. The molecular formula is C15H18N4O3. The largest absolute Gasteiger partial charge is 0.483 e. The predicted octanol–water partition coefficient (Wildman–Crippen LogP) is 2.02. The van der Waals surface area contributed by atoms with Gasteiger partial charge in [-0.1, -0.05) is 30.3 Å². The molecular weight excluding hydrogens is 284 g/mol. The summed E-state index contributed by atoms with van der Waals surface area (Å²) in [6, 6.07) is 9.38. The number of pyridine rings is 1. The third-order valence-electron chi connectivity index (χ3n) is 2.74. The monoisotopic (exact) mass is 302 g/mol. The Hall–Kier alpha value is -2.83. The highest BCUT2D eigenvalue weighted by Gasteiger charge is 2.05. The molecule has 7 nitrogen and oxygen atoms in total. The highest BCUT2D eigenvalue weighted by atomic mass is 16.7. The fraction of sp³-hybridized carbons (Fsp3) is 0.267. The topological polar surface area (TPSA) is 98.8 Å². The maximum atomic E-state index is 11.2. The summed E-state index contributed by atoms with van der Waals surface area (Å²) in [5, 5.41) is 6.98. The molecule has 0 bridgehead atoms. The minimum absolute atomic E-state index is 0.00323. The molecule has 0 atom stereocenters. The zero-order valence-electron chi connectivity index (χ0n) is 12.3. The predicted molar refractivity (Wildman–Crippen MR) is 83.6 cm³/mol. The molecule has 1 aromatic carbocycles. The number of para-hydroxylation sites is 1. The fourth-order valence-electron chi connectivity index (χ4n) is 1.73. The first-order chi connectivity index (χ1) is 10.7. The van der Waals surface area contributed by atoms with Crippen molar-refractivity contribution in [3.05, 3.63) is 36.5 Å². The Morgan fingerprint density at radius 1 is 1.36 bits per heavy atom. The average Bonchev–Trinajstić information content (AvgIpc) is 2.56. The van der Waals surface area contributed by atoms with Gasteiger partial charge in [-0.05, 0) is 18.6 Å². The van der Waals surface area contributed by atoms with Gasteiger partial charge in [0.2, 0.25) is 0 Å². The van der Waals surface area contributed by atoms with Gasteiger partial charge in [0.05, 0.1) is 0 Å². The van der Waals surface area contributed by atoms with E-state index in [2.05, 4.69) is 20.3 Å². The van der Waals surface area contributed by atoms with Crippen molar-refractivity contribution in [2.75, 3.05) is 13.2 Å². The van der Waals surface area contributed by atoms with Crippen LogP contribution in [-0.2, 0) is 4.84 Å².